The van der Waals surface area contributed by atoms with Crippen LogP contribution in [0.5, 0.6) is 0 Å². The number of aryl methyl sites for hydroxylation is 1. The summed E-state index contributed by atoms with van der Waals surface area (Å²) in [4.78, 5) is 26.5. The topological polar surface area (TPSA) is 79.3 Å². The van der Waals surface area contributed by atoms with Gasteiger partial charge in [0.25, 0.3) is 0 Å². The van der Waals surface area contributed by atoms with Crippen molar-refractivity contribution in [3.8, 4) is 0 Å². The van der Waals surface area contributed by atoms with Crippen LogP contribution < -0.4 is 10.6 Å². The number of aromatic nitrogens is 2. The molecule has 1 unspecified atom stereocenters. The van der Waals surface area contributed by atoms with Crippen molar-refractivity contribution in [2.24, 2.45) is 5.92 Å². The highest BCUT2D eigenvalue weighted by Gasteiger charge is 2.31. The van der Waals surface area contributed by atoms with Gasteiger partial charge in [-0.05, 0) is 25.8 Å². The molecule has 1 aliphatic heterocycles. The molecule has 1 atom stereocenters. The highest BCUT2D eigenvalue weighted by atomic mass is 16.2. The zero-order valence-electron chi connectivity index (χ0n) is 14.9. The molecule has 1 aromatic heterocycles. The Kier molecular flexibility index (Phi) is 6.78. The second-order valence-corrected chi connectivity index (χ2v) is 6.71. The second kappa shape index (κ2) is 8.82. The molecule has 1 saturated heterocycles. The van der Waals surface area contributed by atoms with Crippen molar-refractivity contribution in [2.75, 3.05) is 19.6 Å². The van der Waals surface area contributed by atoms with E-state index in [0.717, 1.165) is 31.6 Å². The Morgan fingerprint density at radius 3 is 2.96 bits per heavy atom. The van der Waals surface area contributed by atoms with Gasteiger partial charge in [-0.15, -0.1) is 0 Å². The molecule has 1 fully saturated rings. The van der Waals surface area contributed by atoms with E-state index in [4.69, 9.17) is 0 Å². The molecule has 7 nitrogen and oxygen atoms in total. The minimum absolute atomic E-state index is 0.0426. The van der Waals surface area contributed by atoms with Gasteiger partial charge in [0.15, 0.2) is 0 Å². The van der Waals surface area contributed by atoms with Crippen molar-refractivity contribution >= 4 is 11.8 Å². The lowest BCUT2D eigenvalue weighted by Crippen LogP contribution is -2.56. The van der Waals surface area contributed by atoms with E-state index in [1.807, 2.05) is 17.8 Å². The summed E-state index contributed by atoms with van der Waals surface area (Å²) < 4.78 is 1.82. The third-order valence-corrected chi connectivity index (χ3v) is 4.31. The van der Waals surface area contributed by atoms with Crippen LogP contribution >= 0.6 is 0 Å². The third kappa shape index (κ3) is 5.33. The summed E-state index contributed by atoms with van der Waals surface area (Å²) in [7, 11) is 0. The average Bonchev–Trinajstić information content (AvgIpc) is 3.01. The minimum Gasteiger partial charge on any atom is -0.353 e. The molecule has 2 amide bonds. The summed E-state index contributed by atoms with van der Waals surface area (Å²) in [6, 6.07) is -0.365. The molecule has 2 N–H and O–H groups in total. The zero-order valence-corrected chi connectivity index (χ0v) is 14.9. The number of nitrogens with zero attached hydrogens (tertiary/aromatic N) is 3. The zero-order chi connectivity index (χ0) is 17.5. The van der Waals surface area contributed by atoms with E-state index in [2.05, 4.69) is 34.5 Å². The Labute approximate surface area is 143 Å². The molecule has 0 aliphatic carbocycles. The second-order valence-electron chi connectivity index (χ2n) is 6.71. The molecule has 1 aromatic rings. The van der Waals surface area contributed by atoms with Gasteiger partial charge in [0.05, 0.1) is 18.7 Å². The summed E-state index contributed by atoms with van der Waals surface area (Å²) in [5.41, 5.74) is 0.968. The summed E-state index contributed by atoms with van der Waals surface area (Å²) in [6.45, 7) is 9.92. The van der Waals surface area contributed by atoms with E-state index in [-0.39, 0.29) is 24.3 Å². The van der Waals surface area contributed by atoms with E-state index >= 15 is 0 Å². The maximum atomic E-state index is 12.2. The normalized spacial score (nSPS) is 18.7. The molecular weight excluding hydrogens is 306 g/mol. The van der Waals surface area contributed by atoms with Crippen molar-refractivity contribution < 1.29 is 9.59 Å². The maximum Gasteiger partial charge on any atom is 0.237 e. The van der Waals surface area contributed by atoms with Gasteiger partial charge in [-0.25, -0.2) is 0 Å². The first kappa shape index (κ1) is 18.4. The molecular formula is C17H29N5O2. The Morgan fingerprint density at radius 2 is 2.29 bits per heavy atom. The first-order valence-electron chi connectivity index (χ1n) is 8.79. The van der Waals surface area contributed by atoms with Crippen LogP contribution in [0.25, 0.3) is 0 Å². The van der Waals surface area contributed by atoms with Crippen LogP contribution in [0.3, 0.4) is 0 Å². The molecule has 7 heteroatoms. The smallest absolute Gasteiger partial charge is 0.237 e. The fourth-order valence-corrected chi connectivity index (χ4v) is 2.79. The van der Waals surface area contributed by atoms with Crippen molar-refractivity contribution in [3.05, 3.63) is 18.0 Å². The molecule has 0 spiro atoms. The predicted molar refractivity (Wildman–Crippen MR) is 92.2 cm³/mol. The number of carbonyl (C=O) groups excluding carboxylic acids is 2. The molecule has 134 valence electrons. The number of nitrogens with one attached hydrogen (secondary N) is 2. The van der Waals surface area contributed by atoms with E-state index < -0.39 is 0 Å². The molecule has 0 aromatic carbocycles. The van der Waals surface area contributed by atoms with Crippen molar-refractivity contribution in [2.45, 2.75) is 52.7 Å². The fourth-order valence-electron chi connectivity index (χ4n) is 2.79. The van der Waals surface area contributed by atoms with Gasteiger partial charge in [0, 0.05) is 37.9 Å². The van der Waals surface area contributed by atoms with Gasteiger partial charge >= 0.3 is 0 Å². The molecule has 24 heavy (non-hydrogen) atoms. The van der Waals surface area contributed by atoms with Crippen molar-refractivity contribution in [1.29, 1.82) is 0 Å². The number of carbonyl (C=O) groups is 2. The molecule has 2 rings (SSSR count). The van der Waals surface area contributed by atoms with E-state index in [9.17, 15) is 9.59 Å². The largest absolute Gasteiger partial charge is 0.353 e. The summed E-state index contributed by atoms with van der Waals surface area (Å²) in [5, 5.41) is 9.94. The van der Waals surface area contributed by atoms with E-state index in [1.165, 1.54) is 0 Å². The predicted octanol–water partition coefficient (Wildman–Crippen LogP) is 0.756. The number of hydrogen-bond donors (Lipinski definition) is 2. The first-order valence-corrected chi connectivity index (χ1v) is 8.79. The summed E-state index contributed by atoms with van der Waals surface area (Å²) in [5.74, 6) is 0.439. The van der Waals surface area contributed by atoms with Gasteiger partial charge in [-0.1, -0.05) is 13.8 Å². The van der Waals surface area contributed by atoms with Crippen molar-refractivity contribution in [1.82, 2.24) is 25.3 Å². The van der Waals surface area contributed by atoms with Crippen molar-refractivity contribution in [3.63, 3.8) is 0 Å². The van der Waals surface area contributed by atoms with Gasteiger partial charge in [-0.3, -0.25) is 19.2 Å². The number of amides is 2. The Morgan fingerprint density at radius 1 is 1.50 bits per heavy atom. The van der Waals surface area contributed by atoms with Crippen LogP contribution in [0.2, 0.25) is 0 Å². The monoisotopic (exact) mass is 335 g/mol. The third-order valence-electron chi connectivity index (χ3n) is 4.31. The lowest BCUT2D eigenvalue weighted by molar-refractivity contribution is -0.134. The number of piperazine rings is 1. The van der Waals surface area contributed by atoms with Gasteiger partial charge in [0.2, 0.25) is 11.8 Å². The molecule has 1 aliphatic rings. The average molecular weight is 335 g/mol. The van der Waals surface area contributed by atoms with Crippen LogP contribution in [-0.4, -0.2) is 52.2 Å². The van der Waals surface area contributed by atoms with Crippen LogP contribution in [-0.2, 0) is 22.7 Å². The first-order chi connectivity index (χ1) is 11.5. The highest BCUT2D eigenvalue weighted by Crippen LogP contribution is 2.12. The molecule has 0 radical (unpaired) electrons. The summed E-state index contributed by atoms with van der Waals surface area (Å²) in [6.07, 6.45) is 4.90. The van der Waals surface area contributed by atoms with Gasteiger partial charge < -0.3 is 10.6 Å². The van der Waals surface area contributed by atoms with Crippen LogP contribution in [0, 0.1) is 5.92 Å². The SMILES string of the molecule is CCn1cc(CNC(=O)CC2C(=O)NCCN2CCC(C)C)cn1. The molecule has 0 bridgehead atoms. The quantitative estimate of drug-likeness (QED) is 0.735. The van der Waals surface area contributed by atoms with Gasteiger partial charge in [0.1, 0.15) is 0 Å². The highest BCUT2D eigenvalue weighted by molar-refractivity contribution is 5.88. The molecule has 2 heterocycles. The van der Waals surface area contributed by atoms with Crippen LogP contribution in [0.4, 0.5) is 0 Å². The van der Waals surface area contributed by atoms with E-state index in [0.29, 0.717) is 19.0 Å². The maximum absolute atomic E-state index is 12.2. The number of hydrogen-bond acceptors (Lipinski definition) is 4. The lowest BCUT2D eigenvalue weighted by atomic mass is 10.1. The minimum atomic E-state index is -0.365. The van der Waals surface area contributed by atoms with Gasteiger partial charge in [-0.2, -0.15) is 5.10 Å². The van der Waals surface area contributed by atoms with E-state index in [1.54, 1.807) is 6.20 Å². The van der Waals surface area contributed by atoms with Crippen LogP contribution in [0.15, 0.2) is 12.4 Å². The number of rotatable bonds is 8. The lowest BCUT2D eigenvalue weighted by Gasteiger charge is -2.35. The Balaban J connectivity index is 1.85. The van der Waals surface area contributed by atoms with Crippen LogP contribution in [0.1, 0.15) is 39.2 Å². The standard InChI is InChI=1S/C17H29N5O2/c1-4-22-12-14(11-20-22)10-19-16(23)9-15-17(24)18-6-8-21(15)7-5-13(2)3/h11-13,15H,4-10H2,1-3H3,(H,18,24)(H,19,23). The fraction of sp³-hybridized carbons (Fsp3) is 0.706. The Bertz CT molecular complexity index is 555. The summed E-state index contributed by atoms with van der Waals surface area (Å²) >= 11 is 0. The Hall–Kier alpha value is -1.89. The molecule has 0 saturated carbocycles.